The molecular formula is C14H23N3O. The molecule has 0 radical (unpaired) electrons. The lowest BCUT2D eigenvalue weighted by atomic mass is 9.94. The van der Waals surface area contributed by atoms with Gasteiger partial charge in [0.15, 0.2) is 0 Å². The van der Waals surface area contributed by atoms with Gasteiger partial charge in [0.2, 0.25) is 0 Å². The van der Waals surface area contributed by atoms with Gasteiger partial charge < -0.3 is 15.3 Å². The minimum absolute atomic E-state index is 0.499. The van der Waals surface area contributed by atoms with Gasteiger partial charge in [0.25, 0.3) is 0 Å². The van der Waals surface area contributed by atoms with Gasteiger partial charge in [-0.25, -0.2) is 4.98 Å². The lowest BCUT2D eigenvalue weighted by Crippen LogP contribution is -2.42. The molecule has 1 fully saturated rings. The van der Waals surface area contributed by atoms with Crippen LogP contribution >= 0.6 is 0 Å². The molecule has 4 heteroatoms. The Morgan fingerprint density at radius 3 is 2.67 bits per heavy atom. The SMILES string of the molecule is CCNCc1ccc(N2CCC(C)(O)CC2)nc1. The third-order valence-corrected chi connectivity index (χ3v) is 3.55. The average molecular weight is 249 g/mol. The van der Waals surface area contributed by atoms with E-state index in [0.717, 1.165) is 44.8 Å². The van der Waals surface area contributed by atoms with Gasteiger partial charge in [0.1, 0.15) is 5.82 Å². The highest BCUT2D eigenvalue weighted by atomic mass is 16.3. The molecule has 4 nitrogen and oxygen atoms in total. The van der Waals surface area contributed by atoms with Crippen molar-refractivity contribution in [1.29, 1.82) is 0 Å². The molecule has 1 aromatic heterocycles. The highest BCUT2D eigenvalue weighted by Gasteiger charge is 2.27. The molecule has 100 valence electrons. The number of aliphatic hydroxyl groups is 1. The molecule has 1 aromatic rings. The monoisotopic (exact) mass is 249 g/mol. The van der Waals surface area contributed by atoms with E-state index in [1.807, 2.05) is 13.1 Å². The first-order chi connectivity index (χ1) is 8.61. The molecule has 0 amide bonds. The maximum Gasteiger partial charge on any atom is 0.128 e. The topological polar surface area (TPSA) is 48.4 Å². The van der Waals surface area contributed by atoms with E-state index in [0.29, 0.717) is 0 Å². The van der Waals surface area contributed by atoms with E-state index in [1.54, 1.807) is 0 Å². The maximum atomic E-state index is 9.93. The number of piperidine rings is 1. The van der Waals surface area contributed by atoms with E-state index in [2.05, 4.69) is 34.3 Å². The summed E-state index contributed by atoms with van der Waals surface area (Å²) >= 11 is 0. The van der Waals surface area contributed by atoms with Crippen molar-refractivity contribution >= 4 is 5.82 Å². The van der Waals surface area contributed by atoms with Gasteiger partial charge in [0.05, 0.1) is 5.60 Å². The molecule has 1 aliphatic heterocycles. The summed E-state index contributed by atoms with van der Waals surface area (Å²) in [5.41, 5.74) is 0.714. The van der Waals surface area contributed by atoms with Crippen molar-refractivity contribution in [3.63, 3.8) is 0 Å². The molecule has 0 spiro atoms. The highest BCUT2D eigenvalue weighted by molar-refractivity contribution is 5.40. The zero-order chi connectivity index (χ0) is 13.0. The van der Waals surface area contributed by atoms with Crippen LogP contribution < -0.4 is 10.2 Å². The summed E-state index contributed by atoms with van der Waals surface area (Å²) in [4.78, 5) is 6.75. The molecule has 0 unspecified atom stereocenters. The fourth-order valence-electron chi connectivity index (χ4n) is 2.20. The zero-order valence-corrected chi connectivity index (χ0v) is 11.3. The number of nitrogens with zero attached hydrogens (tertiary/aromatic N) is 2. The normalized spacial score (nSPS) is 18.9. The Morgan fingerprint density at radius 1 is 1.39 bits per heavy atom. The molecule has 1 aliphatic rings. The average Bonchev–Trinajstić information content (AvgIpc) is 2.37. The van der Waals surface area contributed by atoms with E-state index in [1.165, 1.54) is 5.56 Å². The summed E-state index contributed by atoms with van der Waals surface area (Å²) in [7, 11) is 0. The molecule has 0 atom stereocenters. The fraction of sp³-hybridized carbons (Fsp3) is 0.643. The number of hydrogen-bond acceptors (Lipinski definition) is 4. The number of rotatable bonds is 4. The second kappa shape index (κ2) is 5.67. The summed E-state index contributed by atoms with van der Waals surface area (Å²) in [6.07, 6.45) is 3.56. The van der Waals surface area contributed by atoms with Crippen LogP contribution in [0.15, 0.2) is 18.3 Å². The van der Waals surface area contributed by atoms with Gasteiger partial charge in [-0.15, -0.1) is 0 Å². The van der Waals surface area contributed by atoms with Crippen molar-refractivity contribution in [2.24, 2.45) is 0 Å². The Bertz CT molecular complexity index is 365. The van der Waals surface area contributed by atoms with Crippen LogP contribution in [0.4, 0.5) is 5.82 Å². The molecule has 0 aliphatic carbocycles. The van der Waals surface area contributed by atoms with Crippen LogP contribution in [0.2, 0.25) is 0 Å². The third kappa shape index (κ3) is 3.43. The van der Waals surface area contributed by atoms with Crippen molar-refractivity contribution in [3.8, 4) is 0 Å². The number of aromatic nitrogens is 1. The van der Waals surface area contributed by atoms with Crippen LogP contribution in [-0.4, -0.2) is 35.3 Å². The standard InChI is InChI=1S/C14H23N3O/c1-3-15-10-12-4-5-13(16-11-12)17-8-6-14(2,18)7-9-17/h4-5,11,15,18H,3,6-10H2,1-2H3. The van der Waals surface area contributed by atoms with Gasteiger partial charge in [-0.2, -0.15) is 0 Å². The van der Waals surface area contributed by atoms with Crippen molar-refractivity contribution in [1.82, 2.24) is 10.3 Å². The van der Waals surface area contributed by atoms with Crippen molar-refractivity contribution in [3.05, 3.63) is 23.9 Å². The zero-order valence-electron chi connectivity index (χ0n) is 11.3. The van der Waals surface area contributed by atoms with E-state index in [-0.39, 0.29) is 0 Å². The molecule has 0 bridgehead atoms. The third-order valence-electron chi connectivity index (χ3n) is 3.55. The van der Waals surface area contributed by atoms with Crippen LogP contribution in [0.1, 0.15) is 32.3 Å². The van der Waals surface area contributed by atoms with Crippen LogP contribution in [0.25, 0.3) is 0 Å². The Balaban J connectivity index is 1.94. The molecule has 2 N–H and O–H groups in total. The van der Waals surface area contributed by atoms with Crippen LogP contribution in [-0.2, 0) is 6.54 Å². The Morgan fingerprint density at radius 2 is 2.11 bits per heavy atom. The summed E-state index contributed by atoms with van der Waals surface area (Å²) in [6.45, 7) is 7.62. The van der Waals surface area contributed by atoms with Crippen molar-refractivity contribution in [2.75, 3.05) is 24.5 Å². The first kappa shape index (κ1) is 13.3. The maximum absolute atomic E-state index is 9.93. The van der Waals surface area contributed by atoms with Gasteiger partial charge in [-0.05, 0) is 37.9 Å². The van der Waals surface area contributed by atoms with Gasteiger partial charge in [-0.3, -0.25) is 0 Å². The minimum Gasteiger partial charge on any atom is -0.390 e. The predicted octanol–water partition coefficient (Wildman–Crippen LogP) is 1.54. The molecule has 2 rings (SSSR count). The molecule has 0 saturated carbocycles. The number of pyridine rings is 1. The van der Waals surface area contributed by atoms with Crippen LogP contribution in [0, 0.1) is 0 Å². The second-order valence-corrected chi connectivity index (χ2v) is 5.29. The largest absolute Gasteiger partial charge is 0.390 e. The molecule has 2 heterocycles. The lowest BCUT2D eigenvalue weighted by molar-refractivity contribution is 0.0350. The number of nitrogens with one attached hydrogen (secondary N) is 1. The Kier molecular flexibility index (Phi) is 4.19. The fourth-order valence-corrected chi connectivity index (χ4v) is 2.20. The van der Waals surface area contributed by atoms with Gasteiger partial charge in [0, 0.05) is 25.8 Å². The first-order valence-corrected chi connectivity index (χ1v) is 6.74. The van der Waals surface area contributed by atoms with Gasteiger partial charge >= 0.3 is 0 Å². The molecule has 18 heavy (non-hydrogen) atoms. The Labute approximate surface area is 109 Å². The van der Waals surface area contributed by atoms with E-state index < -0.39 is 5.60 Å². The van der Waals surface area contributed by atoms with Crippen molar-refractivity contribution < 1.29 is 5.11 Å². The van der Waals surface area contributed by atoms with E-state index in [4.69, 9.17) is 0 Å². The van der Waals surface area contributed by atoms with E-state index >= 15 is 0 Å². The highest BCUT2D eigenvalue weighted by Crippen LogP contribution is 2.24. The molecule has 0 aromatic carbocycles. The summed E-state index contributed by atoms with van der Waals surface area (Å²) in [6, 6.07) is 4.20. The summed E-state index contributed by atoms with van der Waals surface area (Å²) in [5.74, 6) is 1.02. The summed E-state index contributed by atoms with van der Waals surface area (Å²) < 4.78 is 0. The quantitative estimate of drug-likeness (QED) is 0.850. The predicted molar refractivity (Wildman–Crippen MR) is 73.7 cm³/mol. The molecule has 1 saturated heterocycles. The lowest BCUT2D eigenvalue weighted by Gasteiger charge is -2.36. The number of anilines is 1. The second-order valence-electron chi connectivity index (χ2n) is 5.29. The van der Waals surface area contributed by atoms with E-state index in [9.17, 15) is 5.11 Å². The van der Waals surface area contributed by atoms with Crippen molar-refractivity contribution in [2.45, 2.75) is 38.8 Å². The smallest absolute Gasteiger partial charge is 0.128 e. The Hall–Kier alpha value is -1.13. The number of hydrogen-bond donors (Lipinski definition) is 2. The molecular weight excluding hydrogens is 226 g/mol. The minimum atomic E-state index is -0.499. The summed E-state index contributed by atoms with van der Waals surface area (Å²) in [5, 5.41) is 13.2. The van der Waals surface area contributed by atoms with Crippen LogP contribution in [0.5, 0.6) is 0 Å². The van der Waals surface area contributed by atoms with Gasteiger partial charge in [-0.1, -0.05) is 13.0 Å². The first-order valence-electron chi connectivity index (χ1n) is 6.74. The van der Waals surface area contributed by atoms with Crippen LogP contribution in [0.3, 0.4) is 0 Å².